The number of amides is 3. The van der Waals surface area contributed by atoms with Crippen LogP contribution < -0.4 is 16.4 Å². The molecule has 0 radical (unpaired) electrons. The monoisotopic (exact) mass is 691 g/mol. The van der Waals surface area contributed by atoms with Crippen LogP contribution in [0.4, 0.5) is 9.18 Å². The van der Waals surface area contributed by atoms with Crippen molar-refractivity contribution in [3.63, 3.8) is 0 Å². The van der Waals surface area contributed by atoms with Gasteiger partial charge in [0.25, 0.3) is 0 Å². The maximum absolute atomic E-state index is 14.4. The lowest BCUT2D eigenvalue weighted by atomic mass is 9.78. The quantitative estimate of drug-likeness (QED) is 0.140. The molecule has 1 aromatic heterocycles. The molecule has 0 fully saturated rings. The minimum Gasteiger partial charge on any atom is -0.465 e. The highest BCUT2D eigenvalue weighted by atomic mass is 35.5. The third-order valence-corrected chi connectivity index (χ3v) is 9.97. The maximum atomic E-state index is 14.4. The van der Waals surface area contributed by atoms with Gasteiger partial charge in [-0.05, 0) is 60.1 Å². The Morgan fingerprint density at radius 2 is 1.78 bits per heavy atom. The summed E-state index contributed by atoms with van der Waals surface area (Å²) in [6.45, 7) is 7.38. The van der Waals surface area contributed by atoms with E-state index in [1.54, 1.807) is 19.1 Å². The number of carbonyl (C=O) groups is 3. The Morgan fingerprint density at radius 1 is 1.13 bits per heavy atom. The lowest BCUT2D eigenvalue weighted by molar-refractivity contribution is -0.137. The number of benzene rings is 2. The number of nitrogens with one attached hydrogen (secondary N) is 3. The van der Waals surface area contributed by atoms with Gasteiger partial charge >= 0.3 is 6.09 Å². The minimum atomic E-state index is -1.49. The number of nitrogens with two attached hydrogens (primary N) is 1. The fraction of sp³-hybridized carbons (Fsp3) is 0.455. The normalized spacial score (nSPS) is 18.6. The second-order valence-corrected chi connectivity index (χ2v) is 13.6. The van der Waals surface area contributed by atoms with E-state index >= 15 is 0 Å². The molecule has 1 heterocycles. The van der Waals surface area contributed by atoms with E-state index in [9.17, 15) is 23.9 Å². The zero-order valence-electron chi connectivity index (χ0n) is 26.3. The zero-order chi connectivity index (χ0) is 33.9. The van der Waals surface area contributed by atoms with Crippen molar-refractivity contribution < 1.29 is 23.9 Å². The molecule has 4 rings (SSSR count). The summed E-state index contributed by atoms with van der Waals surface area (Å²) in [5.41, 5.74) is 7.41. The predicted molar refractivity (Wildman–Crippen MR) is 183 cm³/mol. The fourth-order valence-electron chi connectivity index (χ4n) is 6.15. The molecule has 0 aliphatic heterocycles. The van der Waals surface area contributed by atoms with Crippen LogP contribution in [0.15, 0.2) is 36.4 Å². The van der Waals surface area contributed by atoms with E-state index < -0.39 is 47.3 Å². The topological polar surface area (TPSA) is 141 Å². The van der Waals surface area contributed by atoms with Gasteiger partial charge in [-0.2, -0.15) is 0 Å². The molecule has 5 atom stereocenters. The van der Waals surface area contributed by atoms with E-state index in [0.29, 0.717) is 40.4 Å². The first-order chi connectivity index (χ1) is 21.7. The first-order valence-corrected chi connectivity index (χ1v) is 16.5. The molecule has 1 aliphatic rings. The van der Waals surface area contributed by atoms with Gasteiger partial charge < -0.3 is 26.5 Å². The number of hydrogen-bond donors (Lipinski definition) is 5. The number of nitrogens with zero attached hydrogens (tertiary/aromatic N) is 1. The Labute approximate surface area is 283 Å². The van der Waals surface area contributed by atoms with Crippen molar-refractivity contribution in [2.24, 2.45) is 17.6 Å². The smallest absolute Gasteiger partial charge is 0.408 e. The van der Waals surface area contributed by atoms with Crippen molar-refractivity contribution in [1.29, 1.82) is 0 Å². The van der Waals surface area contributed by atoms with Crippen LogP contribution in [0.25, 0.3) is 10.9 Å². The van der Waals surface area contributed by atoms with Gasteiger partial charge in [-0.15, -0.1) is 0 Å². The summed E-state index contributed by atoms with van der Waals surface area (Å²) in [4.78, 5) is 46.0. The summed E-state index contributed by atoms with van der Waals surface area (Å²) in [5.74, 6) is -2.06. The van der Waals surface area contributed by atoms with Gasteiger partial charge in [0.05, 0.1) is 21.6 Å². The molecule has 6 N–H and O–H groups in total. The van der Waals surface area contributed by atoms with Crippen molar-refractivity contribution in [3.05, 3.63) is 69.1 Å². The van der Waals surface area contributed by atoms with E-state index in [0.717, 1.165) is 21.5 Å². The molecule has 0 saturated heterocycles. The van der Waals surface area contributed by atoms with Crippen LogP contribution in [0, 0.1) is 17.7 Å². The van der Waals surface area contributed by atoms with E-state index in [4.69, 9.17) is 41.2 Å². The van der Waals surface area contributed by atoms with Crippen molar-refractivity contribution in [2.75, 3.05) is 0 Å². The van der Waals surface area contributed by atoms with Gasteiger partial charge in [0.2, 0.25) is 11.8 Å². The molecule has 46 heavy (non-hydrogen) atoms. The Bertz CT molecular complexity index is 1630. The second-order valence-electron chi connectivity index (χ2n) is 12.2. The number of halogens is 3. The summed E-state index contributed by atoms with van der Waals surface area (Å²) < 4.78 is 13.6. The van der Waals surface area contributed by atoms with Crippen LogP contribution in [0.1, 0.15) is 63.8 Å². The van der Waals surface area contributed by atoms with E-state index in [1.807, 2.05) is 20.8 Å². The van der Waals surface area contributed by atoms with Crippen molar-refractivity contribution in [1.82, 2.24) is 20.5 Å². The molecule has 2 unspecified atom stereocenters. The molecule has 1 aliphatic carbocycles. The number of aromatic nitrogens is 1. The number of aryl methyl sites for hydroxylation is 1. The lowest BCUT2D eigenvalue weighted by Crippen LogP contribution is -2.67. The Hall–Kier alpha value is -3.41. The number of carboxylic acid groups (broad SMARTS) is 1. The minimum absolute atomic E-state index is 0.0786. The molecule has 3 amide bonds. The van der Waals surface area contributed by atoms with Gasteiger partial charge in [-0.25, -0.2) is 9.18 Å². The van der Waals surface area contributed by atoms with Crippen LogP contribution in [-0.2, 0) is 29.0 Å². The number of hydrogen-bond acceptors (Lipinski definition) is 4. The Morgan fingerprint density at radius 3 is 2.37 bits per heavy atom. The van der Waals surface area contributed by atoms with Crippen LogP contribution >= 0.6 is 35.4 Å². The van der Waals surface area contributed by atoms with Crippen LogP contribution in [0.3, 0.4) is 0 Å². The van der Waals surface area contributed by atoms with E-state index in [2.05, 4.69) is 15.6 Å². The number of aromatic amines is 1. The molecular weight excluding hydrogens is 652 g/mol. The largest absolute Gasteiger partial charge is 0.465 e. The lowest BCUT2D eigenvalue weighted by Gasteiger charge is -2.41. The Kier molecular flexibility index (Phi) is 11.2. The van der Waals surface area contributed by atoms with E-state index in [-0.39, 0.29) is 30.3 Å². The van der Waals surface area contributed by atoms with Gasteiger partial charge in [0.15, 0.2) is 0 Å². The average Bonchev–Trinajstić information content (AvgIpc) is 3.37. The zero-order valence-corrected chi connectivity index (χ0v) is 28.6. The average molecular weight is 693 g/mol. The number of H-pyrrole nitrogens is 1. The number of thiocarbonyl (C=S) groups is 1. The summed E-state index contributed by atoms with van der Waals surface area (Å²) in [5, 5.41) is 17.9. The van der Waals surface area contributed by atoms with Crippen molar-refractivity contribution >= 4 is 69.2 Å². The van der Waals surface area contributed by atoms with Gasteiger partial charge in [-0.1, -0.05) is 88.1 Å². The number of carbonyl (C=O) groups excluding carboxylic acids is 2. The standard InChI is InChI=1S/C33H40Cl2FN5O4S/c1-5-17(3)26(29(37)46)39-31(43)33(12-11-25-23(15-33)22-13-20(34)14-24(35)27(22)38-25)40-30(42)28(18(4)6-2)41(32(44)45)16-19-7-9-21(36)10-8-19/h7-10,13-14,17-18,26,28,38H,5-6,11-12,15-16H2,1-4H3,(H2,37,46)(H,39,43)(H,40,42)(H,44,45)/t17-,18-,26?,28?,33+/m0/s1. The number of rotatable bonds is 12. The van der Waals surface area contributed by atoms with Crippen molar-refractivity contribution in [3.8, 4) is 0 Å². The molecule has 0 spiro atoms. The van der Waals surface area contributed by atoms with Gasteiger partial charge in [-0.3, -0.25) is 14.5 Å². The van der Waals surface area contributed by atoms with Gasteiger partial charge in [0.1, 0.15) is 17.4 Å². The molecule has 0 bridgehead atoms. The van der Waals surface area contributed by atoms with Gasteiger partial charge in [0, 0.05) is 29.1 Å². The van der Waals surface area contributed by atoms with Crippen LogP contribution in [-0.4, -0.2) is 55.5 Å². The van der Waals surface area contributed by atoms with Crippen molar-refractivity contribution in [2.45, 2.75) is 84.0 Å². The fourth-order valence-corrected chi connectivity index (χ4v) is 6.98. The third kappa shape index (κ3) is 7.42. The highest BCUT2D eigenvalue weighted by Crippen LogP contribution is 2.38. The maximum Gasteiger partial charge on any atom is 0.408 e. The summed E-state index contributed by atoms with van der Waals surface area (Å²) >= 11 is 18.2. The highest BCUT2D eigenvalue weighted by molar-refractivity contribution is 7.80. The molecule has 3 aromatic rings. The van der Waals surface area contributed by atoms with E-state index in [1.165, 1.54) is 24.3 Å². The molecule has 9 nitrogen and oxygen atoms in total. The third-order valence-electron chi connectivity index (χ3n) is 9.20. The van der Waals surface area contributed by atoms with Crippen LogP contribution in [0.5, 0.6) is 0 Å². The molecule has 13 heteroatoms. The predicted octanol–water partition coefficient (Wildman–Crippen LogP) is 6.37. The molecule has 248 valence electrons. The molecule has 2 aromatic carbocycles. The summed E-state index contributed by atoms with van der Waals surface area (Å²) in [6, 6.07) is 7.04. The summed E-state index contributed by atoms with van der Waals surface area (Å²) in [7, 11) is 0. The first kappa shape index (κ1) is 35.4. The highest BCUT2D eigenvalue weighted by Gasteiger charge is 2.47. The molecule has 0 saturated carbocycles. The van der Waals surface area contributed by atoms with Crippen LogP contribution in [0.2, 0.25) is 10.0 Å². The first-order valence-electron chi connectivity index (χ1n) is 15.4. The SMILES string of the molecule is CC[C@H](C)C(NC(=O)[C@@]1(NC(=O)C([C@@H](C)CC)N(Cc2ccc(F)cc2)C(=O)O)CCc2[nH]c3c(Cl)cc(Cl)cc3c2C1)C(N)=S. The number of fused-ring (bicyclic) bond motifs is 3. The second kappa shape index (κ2) is 14.6. The Balaban J connectivity index is 1.78. The summed E-state index contributed by atoms with van der Waals surface area (Å²) in [6.07, 6.45) is 0.529. The molecular formula is C33H40Cl2FN5O4S.